The van der Waals surface area contributed by atoms with Crippen molar-refractivity contribution in [2.75, 3.05) is 20.8 Å². The molecule has 1 aliphatic carbocycles. The Bertz CT molecular complexity index is 1310. The van der Waals surface area contributed by atoms with E-state index in [9.17, 15) is 9.59 Å². The Kier molecular flexibility index (Phi) is 8.68. The second-order valence-electron chi connectivity index (χ2n) is 10.1. The average Bonchev–Trinajstić information content (AvgIpc) is 3.01. The van der Waals surface area contributed by atoms with Gasteiger partial charge in [0.05, 0.1) is 14.2 Å². The molecule has 0 saturated heterocycles. The van der Waals surface area contributed by atoms with Crippen molar-refractivity contribution >= 4 is 11.8 Å². The van der Waals surface area contributed by atoms with Crippen molar-refractivity contribution in [2.24, 2.45) is 0 Å². The number of nitrogens with one attached hydrogen (secondary N) is 1. The molecule has 2 aromatic carbocycles. The fourth-order valence-corrected chi connectivity index (χ4v) is 5.33. The van der Waals surface area contributed by atoms with Gasteiger partial charge in [0, 0.05) is 25.0 Å². The Balaban J connectivity index is 1.54. The molecule has 3 aromatic rings. The molecule has 9 heteroatoms. The Hall–Kier alpha value is -4.27. The number of benzene rings is 2. The van der Waals surface area contributed by atoms with Crippen molar-refractivity contribution in [3.8, 4) is 23.0 Å². The van der Waals surface area contributed by atoms with Crippen molar-refractivity contribution in [3.63, 3.8) is 0 Å². The van der Waals surface area contributed by atoms with Crippen LogP contribution in [0.25, 0.3) is 0 Å². The zero-order chi connectivity index (χ0) is 27.9. The highest BCUT2D eigenvalue weighted by Crippen LogP contribution is 2.36. The van der Waals surface area contributed by atoms with Gasteiger partial charge in [-0.15, -0.1) is 0 Å². The van der Waals surface area contributed by atoms with Gasteiger partial charge in [0.15, 0.2) is 23.0 Å². The third-order valence-corrected chi connectivity index (χ3v) is 7.38. The van der Waals surface area contributed by atoms with Crippen LogP contribution >= 0.6 is 0 Å². The third kappa shape index (κ3) is 6.14. The lowest BCUT2D eigenvalue weighted by atomic mass is 9.94. The number of hydrogen-bond acceptors (Lipinski definition) is 7. The molecule has 40 heavy (non-hydrogen) atoms. The summed E-state index contributed by atoms with van der Waals surface area (Å²) < 4.78 is 23.0. The zero-order valence-corrected chi connectivity index (χ0v) is 22.9. The van der Waals surface area contributed by atoms with E-state index in [1.807, 2.05) is 24.3 Å². The lowest BCUT2D eigenvalue weighted by molar-refractivity contribution is -0.149. The number of hydrogen-bond donors (Lipinski definition) is 1. The van der Waals surface area contributed by atoms with Gasteiger partial charge in [0.25, 0.3) is 5.91 Å². The molecule has 2 heterocycles. The topological polar surface area (TPSA) is 99.2 Å². The number of nitrogens with zero attached hydrogens (tertiary/aromatic N) is 2. The van der Waals surface area contributed by atoms with Gasteiger partial charge in [-0.1, -0.05) is 43.5 Å². The molecule has 1 saturated carbocycles. The zero-order valence-electron chi connectivity index (χ0n) is 22.9. The normalized spacial score (nSPS) is 17.4. The Morgan fingerprint density at radius 2 is 1.77 bits per heavy atom. The number of aromatic nitrogens is 1. The van der Waals surface area contributed by atoms with E-state index in [0.29, 0.717) is 28.6 Å². The molecular weight excluding hydrogens is 510 g/mol. The molecule has 1 aromatic heterocycles. The van der Waals surface area contributed by atoms with E-state index in [-0.39, 0.29) is 31.0 Å². The Morgan fingerprint density at radius 1 is 1.00 bits per heavy atom. The van der Waals surface area contributed by atoms with Crippen molar-refractivity contribution in [1.82, 2.24) is 15.2 Å². The largest absolute Gasteiger partial charge is 0.493 e. The molecule has 0 bridgehead atoms. The van der Waals surface area contributed by atoms with Gasteiger partial charge in [-0.05, 0) is 54.3 Å². The fraction of sp³-hybridized carbons (Fsp3) is 0.387. The summed E-state index contributed by atoms with van der Waals surface area (Å²) in [6, 6.07) is 15.3. The molecule has 0 radical (unpaired) electrons. The van der Waals surface area contributed by atoms with Crippen LogP contribution in [0.4, 0.5) is 0 Å². The maximum absolute atomic E-state index is 14.3. The summed E-state index contributed by atoms with van der Waals surface area (Å²) in [6.45, 7) is 0.174. The minimum Gasteiger partial charge on any atom is -0.493 e. The molecule has 0 spiro atoms. The molecular formula is C31H35N3O6. The molecule has 2 atom stereocenters. The van der Waals surface area contributed by atoms with Crippen LogP contribution in [0.2, 0.25) is 0 Å². The number of ether oxygens (including phenoxy) is 4. The summed E-state index contributed by atoms with van der Waals surface area (Å²) in [5.74, 6) is 1.45. The van der Waals surface area contributed by atoms with Crippen LogP contribution in [0.3, 0.4) is 0 Å². The second-order valence-corrected chi connectivity index (χ2v) is 10.1. The third-order valence-electron chi connectivity index (χ3n) is 7.38. The molecule has 1 aliphatic heterocycles. The van der Waals surface area contributed by atoms with Crippen LogP contribution in [0, 0.1) is 0 Å². The summed E-state index contributed by atoms with van der Waals surface area (Å²) in [5, 5.41) is 3.23. The predicted molar refractivity (Wildman–Crippen MR) is 148 cm³/mol. The van der Waals surface area contributed by atoms with Gasteiger partial charge < -0.3 is 29.2 Å². The van der Waals surface area contributed by atoms with E-state index >= 15 is 0 Å². The van der Waals surface area contributed by atoms with Crippen LogP contribution in [0.1, 0.15) is 49.3 Å². The standard InChI is InChI=1S/C31H35N3O6/c1-37-24-15-14-22(17-27(24)38-2)29(30(35)33-23-10-4-3-5-11-23)34(19-21-9-8-16-32-18-21)31(36)28-20-39-25-12-6-7-13-26(25)40-28/h6-9,12-18,23,28-29H,3-5,10-11,19-20H2,1-2H3,(H,33,35)/t28-,29-/m1/s1. The SMILES string of the molecule is COc1ccc([C@H](C(=O)NC2CCCCC2)N(Cc2cccnc2)C(=O)[C@H]2COc3ccccc3O2)cc1OC. The first kappa shape index (κ1) is 27.3. The smallest absolute Gasteiger partial charge is 0.268 e. The number of rotatable bonds is 9. The first-order valence-corrected chi connectivity index (χ1v) is 13.7. The van der Waals surface area contributed by atoms with Crippen molar-refractivity contribution in [1.29, 1.82) is 0 Å². The lowest BCUT2D eigenvalue weighted by Gasteiger charge is -2.36. The number of carbonyl (C=O) groups is 2. The van der Waals surface area contributed by atoms with Gasteiger partial charge in [-0.25, -0.2) is 0 Å². The van der Waals surface area contributed by atoms with Crippen LogP contribution < -0.4 is 24.3 Å². The number of methoxy groups -OCH3 is 2. The van der Waals surface area contributed by atoms with E-state index < -0.39 is 12.1 Å². The van der Waals surface area contributed by atoms with E-state index in [2.05, 4.69) is 10.3 Å². The summed E-state index contributed by atoms with van der Waals surface area (Å²) in [7, 11) is 3.10. The number of amides is 2. The van der Waals surface area contributed by atoms with Gasteiger partial charge in [-0.3, -0.25) is 14.6 Å². The monoisotopic (exact) mass is 545 g/mol. The van der Waals surface area contributed by atoms with Gasteiger partial charge >= 0.3 is 0 Å². The van der Waals surface area contributed by atoms with E-state index in [4.69, 9.17) is 18.9 Å². The number of fused-ring (bicyclic) bond motifs is 1. The van der Waals surface area contributed by atoms with Crippen molar-refractivity contribution < 1.29 is 28.5 Å². The molecule has 9 nitrogen and oxygen atoms in total. The van der Waals surface area contributed by atoms with Crippen molar-refractivity contribution in [2.45, 2.75) is 56.8 Å². The molecule has 210 valence electrons. The lowest BCUT2D eigenvalue weighted by Crippen LogP contribution is -2.52. The van der Waals surface area contributed by atoms with Crippen LogP contribution in [0.5, 0.6) is 23.0 Å². The van der Waals surface area contributed by atoms with Crippen molar-refractivity contribution in [3.05, 3.63) is 78.1 Å². The molecule has 1 N–H and O–H groups in total. The maximum atomic E-state index is 14.3. The minimum atomic E-state index is -0.963. The summed E-state index contributed by atoms with van der Waals surface area (Å²) in [6.07, 6.45) is 7.56. The number of pyridine rings is 1. The first-order chi connectivity index (χ1) is 19.6. The summed E-state index contributed by atoms with van der Waals surface area (Å²) in [4.78, 5) is 34.2. The molecule has 0 unspecified atom stereocenters. The second kappa shape index (κ2) is 12.7. The predicted octanol–water partition coefficient (Wildman–Crippen LogP) is 4.46. The number of para-hydroxylation sites is 2. The number of carbonyl (C=O) groups excluding carboxylic acids is 2. The molecule has 2 aliphatic rings. The quantitative estimate of drug-likeness (QED) is 0.424. The van der Waals surface area contributed by atoms with Crippen LogP contribution in [0.15, 0.2) is 67.0 Å². The fourth-order valence-electron chi connectivity index (χ4n) is 5.33. The molecule has 5 rings (SSSR count). The average molecular weight is 546 g/mol. The highest BCUT2D eigenvalue weighted by atomic mass is 16.6. The summed E-state index contributed by atoms with van der Waals surface area (Å²) in [5.41, 5.74) is 1.38. The van der Waals surface area contributed by atoms with E-state index in [0.717, 1.165) is 37.7 Å². The van der Waals surface area contributed by atoms with Crippen LogP contribution in [-0.4, -0.2) is 54.7 Å². The summed E-state index contributed by atoms with van der Waals surface area (Å²) >= 11 is 0. The first-order valence-electron chi connectivity index (χ1n) is 13.7. The minimum absolute atomic E-state index is 0.0300. The van der Waals surface area contributed by atoms with E-state index in [1.54, 1.807) is 61.8 Å². The highest BCUT2D eigenvalue weighted by Gasteiger charge is 2.39. The van der Waals surface area contributed by atoms with Gasteiger partial charge in [0.2, 0.25) is 12.0 Å². The van der Waals surface area contributed by atoms with Gasteiger partial charge in [0.1, 0.15) is 12.6 Å². The van der Waals surface area contributed by atoms with Crippen LogP contribution in [-0.2, 0) is 16.1 Å². The maximum Gasteiger partial charge on any atom is 0.268 e. The van der Waals surface area contributed by atoms with Gasteiger partial charge in [-0.2, -0.15) is 0 Å². The Morgan fingerprint density at radius 3 is 2.50 bits per heavy atom. The Labute approximate surface area is 234 Å². The molecule has 2 amide bonds. The van der Waals surface area contributed by atoms with E-state index in [1.165, 1.54) is 0 Å². The highest BCUT2D eigenvalue weighted by molar-refractivity contribution is 5.91. The molecule has 1 fully saturated rings.